The van der Waals surface area contributed by atoms with Crippen molar-refractivity contribution in [2.75, 3.05) is 26.7 Å². The fraction of sp³-hybridized carbons (Fsp3) is 0.367. The van der Waals surface area contributed by atoms with Crippen molar-refractivity contribution in [3.63, 3.8) is 0 Å². The molecule has 7 rings (SSSR count). The third kappa shape index (κ3) is 3.59. The Hall–Kier alpha value is -3.35. The number of nitrogens with zero attached hydrogens (tertiary/aromatic N) is 2. The minimum absolute atomic E-state index is 0.140. The third-order valence-electron chi connectivity index (χ3n) is 8.45. The maximum Gasteiger partial charge on any atom is 0.250 e. The van der Waals surface area contributed by atoms with Gasteiger partial charge in [0, 0.05) is 72.6 Å². The Morgan fingerprint density at radius 2 is 1.94 bits per heavy atom. The van der Waals surface area contributed by atoms with E-state index >= 15 is 0 Å². The molecule has 0 saturated carbocycles. The highest BCUT2D eigenvalue weighted by Crippen LogP contribution is 2.38. The number of para-hydroxylation sites is 1. The minimum Gasteiger partial charge on any atom is -0.496 e. The zero-order valence-electron chi connectivity index (χ0n) is 20.7. The Labute approximate surface area is 210 Å². The molecule has 3 atom stereocenters. The van der Waals surface area contributed by atoms with Crippen molar-refractivity contribution in [1.82, 2.24) is 19.8 Å². The highest BCUT2D eigenvalue weighted by atomic mass is 16.5. The van der Waals surface area contributed by atoms with E-state index in [-0.39, 0.29) is 11.6 Å². The van der Waals surface area contributed by atoms with Crippen LogP contribution in [0.15, 0.2) is 65.5 Å². The lowest BCUT2D eigenvalue weighted by molar-refractivity contribution is 0.113. The number of piperidine rings is 1. The van der Waals surface area contributed by atoms with E-state index in [1.807, 2.05) is 10.6 Å². The van der Waals surface area contributed by atoms with Gasteiger partial charge in [-0.25, -0.2) is 0 Å². The molecular formula is C30H32N4O2. The van der Waals surface area contributed by atoms with E-state index in [1.165, 1.54) is 45.4 Å². The molecule has 4 aromatic rings. The van der Waals surface area contributed by atoms with Gasteiger partial charge in [0.2, 0.25) is 0 Å². The second-order valence-corrected chi connectivity index (χ2v) is 10.7. The van der Waals surface area contributed by atoms with Crippen LogP contribution in [0, 0.1) is 5.92 Å². The second kappa shape index (κ2) is 8.64. The molecule has 3 aliphatic heterocycles. The summed E-state index contributed by atoms with van der Waals surface area (Å²) in [5.74, 6) is 1.87. The van der Waals surface area contributed by atoms with Gasteiger partial charge in [-0.1, -0.05) is 30.3 Å². The fourth-order valence-electron chi connectivity index (χ4n) is 6.93. The molecule has 0 amide bonds. The molecule has 3 aliphatic rings. The van der Waals surface area contributed by atoms with Gasteiger partial charge >= 0.3 is 0 Å². The molecular weight excluding hydrogens is 448 g/mol. The van der Waals surface area contributed by atoms with Gasteiger partial charge in [0.1, 0.15) is 5.75 Å². The average Bonchev–Trinajstić information content (AvgIpc) is 3.28. The number of hydrogen-bond acceptors (Lipinski definition) is 4. The van der Waals surface area contributed by atoms with Gasteiger partial charge in [-0.05, 0) is 54.2 Å². The molecule has 0 spiro atoms. The number of pyridine rings is 1. The molecule has 184 valence electrons. The summed E-state index contributed by atoms with van der Waals surface area (Å²) >= 11 is 0. The van der Waals surface area contributed by atoms with Gasteiger partial charge < -0.3 is 19.6 Å². The molecule has 36 heavy (non-hydrogen) atoms. The maximum absolute atomic E-state index is 12.4. The Morgan fingerprint density at radius 1 is 1.03 bits per heavy atom. The second-order valence-electron chi connectivity index (χ2n) is 10.7. The Kier molecular flexibility index (Phi) is 5.26. The lowest BCUT2D eigenvalue weighted by atomic mass is 9.83. The van der Waals surface area contributed by atoms with Gasteiger partial charge in [0.15, 0.2) is 0 Å². The van der Waals surface area contributed by atoms with Crippen LogP contribution < -0.4 is 15.6 Å². The lowest BCUT2D eigenvalue weighted by Gasteiger charge is -2.43. The lowest BCUT2D eigenvalue weighted by Crippen LogP contribution is -2.46. The normalized spacial score (nSPS) is 23.3. The van der Waals surface area contributed by atoms with E-state index in [0.29, 0.717) is 11.8 Å². The van der Waals surface area contributed by atoms with E-state index in [0.717, 1.165) is 44.9 Å². The Bertz CT molecular complexity index is 1500. The first-order chi connectivity index (χ1) is 17.7. The largest absolute Gasteiger partial charge is 0.496 e. The van der Waals surface area contributed by atoms with Gasteiger partial charge in [0.25, 0.3) is 5.56 Å². The first-order valence-corrected chi connectivity index (χ1v) is 13.1. The molecule has 5 heterocycles. The van der Waals surface area contributed by atoms with Crippen LogP contribution in [0.3, 0.4) is 0 Å². The van der Waals surface area contributed by atoms with Crippen molar-refractivity contribution in [3.05, 3.63) is 99.1 Å². The summed E-state index contributed by atoms with van der Waals surface area (Å²) in [6.07, 6.45) is 2.21. The van der Waals surface area contributed by atoms with Crippen LogP contribution in [0.25, 0.3) is 10.9 Å². The molecule has 2 aromatic carbocycles. The van der Waals surface area contributed by atoms with Crippen LogP contribution in [0.2, 0.25) is 0 Å². The molecule has 2 aromatic heterocycles. The summed E-state index contributed by atoms with van der Waals surface area (Å²) in [5.41, 5.74) is 7.77. The SMILES string of the molecule is COc1ccc([C@H]2NCCc3c2[nH]c2ccccc32)cc1CN1C[C@H]2C[C@H](C1)c1cccc(=O)n1C2. The number of ether oxygens (including phenoxy) is 1. The molecule has 6 heteroatoms. The first-order valence-electron chi connectivity index (χ1n) is 13.1. The smallest absolute Gasteiger partial charge is 0.250 e. The number of H-pyrrole nitrogens is 1. The van der Waals surface area contributed by atoms with Crippen LogP contribution in [0.1, 0.15) is 46.5 Å². The summed E-state index contributed by atoms with van der Waals surface area (Å²) in [6.45, 7) is 4.64. The predicted octanol–water partition coefficient (Wildman–Crippen LogP) is 4.19. The highest BCUT2D eigenvalue weighted by Gasteiger charge is 2.35. The molecule has 0 radical (unpaired) electrons. The molecule has 1 fully saturated rings. The minimum atomic E-state index is 0.140. The van der Waals surface area contributed by atoms with E-state index < -0.39 is 0 Å². The zero-order valence-corrected chi connectivity index (χ0v) is 20.7. The number of rotatable bonds is 4. The van der Waals surface area contributed by atoms with Gasteiger partial charge in [-0.15, -0.1) is 0 Å². The van der Waals surface area contributed by atoms with Crippen molar-refractivity contribution in [2.24, 2.45) is 5.92 Å². The molecule has 6 nitrogen and oxygen atoms in total. The van der Waals surface area contributed by atoms with Gasteiger partial charge in [-0.2, -0.15) is 0 Å². The monoisotopic (exact) mass is 480 g/mol. The number of hydrogen-bond donors (Lipinski definition) is 2. The Balaban J connectivity index is 1.19. The summed E-state index contributed by atoms with van der Waals surface area (Å²) in [7, 11) is 1.76. The van der Waals surface area contributed by atoms with E-state index in [2.05, 4.69) is 63.7 Å². The maximum atomic E-state index is 12.4. The standard InChI is InChI=1S/C30H32N4O2/c1-36-27-10-9-20(29-30-24(11-12-31-29)23-5-2-3-6-25(23)32-30)14-22(27)18-33-15-19-13-21(17-33)26-7-4-8-28(35)34(26)16-19/h2-10,14,19,21,29,31-32H,11-13,15-18H2,1H3/t19-,21-,29-/m1/s1. The number of aromatic amines is 1. The number of fused-ring (bicyclic) bond motifs is 7. The van der Waals surface area contributed by atoms with E-state index in [1.54, 1.807) is 13.2 Å². The van der Waals surface area contributed by atoms with E-state index in [9.17, 15) is 4.79 Å². The average molecular weight is 481 g/mol. The van der Waals surface area contributed by atoms with Crippen LogP contribution in [-0.4, -0.2) is 41.2 Å². The third-order valence-corrected chi connectivity index (χ3v) is 8.45. The van der Waals surface area contributed by atoms with Crippen molar-refractivity contribution in [3.8, 4) is 5.75 Å². The number of aromatic nitrogens is 2. The predicted molar refractivity (Wildman–Crippen MR) is 142 cm³/mol. The number of likely N-dealkylation sites (tertiary alicyclic amines) is 1. The van der Waals surface area contributed by atoms with Crippen LogP contribution >= 0.6 is 0 Å². The molecule has 2 N–H and O–H groups in total. The molecule has 0 unspecified atom stereocenters. The first kappa shape index (κ1) is 21.9. The quantitative estimate of drug-likeness (QED) is 0.460. The van der Waals surface area contributed by atoms with Gasteiger partial charge in [0.05, 0.1) is 13.2 Å². The van der Waals surface area contributed by atoms with Crippen molar-refractivity contribution >= 4 is 10.9 Å². The van der Waals surface area contributed by atoms with Gasteiger partial charge in [-0.3, -0.25) is 9.69 Å². The van der Waals surface area contributed by atoms with Crippen molar-refractivity contribution in [2.45, 2.75) is 37.9 Å². The number of nitrogens with one attached hydrogen (secondary N) is 2. The number of benzene rings is 2. The summed E-state index contributed by atoms with van der Waals surface area (Å²) in [4.78, 5) is 18.7. The molecule has 0 aliphatic carbocycles. The fourth-order valence-corrected chi connectivity index (χ4v) is 6.93. The van der Waals surface area contributed by atoms with Crippen molar-refractivity contribution < 1.29 is 4.74 Å². The summed E-state index contributed by atoms with van der Waals surface area (Å²) in [5, 5.41) is 5.09. The summed E-state index contributed by atoms with van der Waals surface area (Å²) in [6, 6.07) is 21.2. The van der Waals surface area contributed by atoms with Crippen LogP contribution in [0.5, 0.6) is 5.75 Å². The summed E-state index contributed by atoms with van der Waals surface area (Å²) < 4.78 is 7.82. The van der Waals surface area contributed by atoms with Crippen LogP contribution in [0.4, 0.5) is 0 Å². The highest BCUT2D eigenvalue weighted by molar-refractivity contribution is 5.85. The molecule has 2 bridgehead atoms. The van der Waals surface area contributed by atoms with Crippen LogP contribution in [-0.2, 0) is 19.5 Å². The van der Waals surface area contributed by atoms with Crippen molar-refractivity contribution in [1.29, 1.82) is 0 Å². The molecule has 1 saturated heterocycles. The Morgan fingerprint density at radius 3 is 2.86 bits per heavy atom. The topological polar surface area (TPSA) is 62.3 Å². The van der Waals surface area contributed by atoms with E-state index in [4.69, 9.17) is 4.74 Å². The number of methoxy groups -OCH3 is 1. The zero-order chi connectivity index (χ0) is 24.2.